The van der Waals surface area contributed by atoms with Crippen LogP contribution in [0.15, 0.2) is 30.4 Å². The number of rotatable bonds is 5. The first-order valence-electron chi connectivity index (χ1n) is 6.90. The van der Waals surface area contributed by atoms with Crippen molar-refractivity contribution < 1.29 is 18.7 Å². The maximum atomic E-state index is 13.7. The molecule has 0 saturated heterocycles. The molecule has 0 aliphatic heterocycles. The predicted octanol–water partition coefficient (Wildman–Crippen LogP) is 2.58. The van der Waals surface area contributed by atoms with Crippen molar-refractivity contribution in [2.45, 2.75) is 25.8 Å². The maximum Gasteiger partial charge on any atom is 0.337 e. The number of esters is 1. The fraction of sp³-hybridized carbons (Fsp3) is 0.375. The molecule has 0 radical (unpaired) electrons. The number of amides is 1. The topological polar surface area (TPSA) is 55.4 Å². The quantitative estimate of drug-likeness (QED) is 0.670. The number of hydrogen-bond acceptors (Lipinski definition) is 3. The van der Waals surface area contributed by atoms with Crippen molar-refractivity contribution in [1.82, 2.24) is 5.32 Å². The zero-order valence-electron chi connectivity index (χ0n) is 11.9. The van der Waals surface area contributed by atoms with Crippen molar-refractivity contribution in [3.63, 3.8) is 0 Å². The van der Waals surface area contributed by atoms with Gasteiger partial charge in [0.15, 0.2) is 0 Å². The average Bonchev–Trinajstić information content (AvgIpc) is 2.98. The molecule has 0 unspecified atom stereocenters. The summed E-state index contributed by atoms with van der Waals surface area (Å²) in [6.07, 6.45) is 6.51. The summed E-state index contributed by atoms with van der Waals surface area (Å²) in [6.45, 7) is 0.0614. The van der Waals surface area contributed by atoms with Gasteiger partial charge in [-0.15, -0.1) is 0 Å². The van der Waals surface area contributed by atoms with Crippen molar-refractivity contribution in [3.8, 4) is 0 Å². The highest BCUT2D eigenvalue weighted by Gasteiger charge is 2.15. The monoisotopic (exact) mass is 291 g/mol. The molecule has 0 aromatic heterocycles. The molecule has 0 saturated carbocycles. The van der Waals surface area contributed by atoms with Gasteiger partial charge in [0.2, 0.25) is 5.91 Å². The van der Waals surface area contributed by atoms with Gasteiger partial charge < -0.3 is 10.1 Å². The standard InChI is InChI=1S/C16H18FNO3/c1-21-16(20)12-6-7-14(17)13(9-12)10-18-15(19)8-11-4-2-3-5-11/h2,4,6-7,9,11H,3,5,8,10H2,1H3,(H,18,19)/t11-/m1/s1. The van der Waals surface area contributed by atoms with Gasteiger partial charge in [-0.1, -0.05) is 12.2 Å². The molecule has 4 nitrogen and oxygen atoms in total. The van der Waals surface area contributed by atoms with Crippen LogP contribution in [0.5, 0.6) is 0 Å². The summed E-state index contributed by atoms with van der Waals surface area (Å²) < 4.78 is 18.3. The van der Waals surface area contributed by atoms with Crippen LogP contribution in [0.2, 0.25) is 0 Å². The molecule has 0 spiro atoms. The molecule has 1 aliphatic carbocycles. The summed E-state index contributed by atoms with van der Waals surface area (Å²) in [7, 11) is 1.27. The van der Waals surface area contributed by atoms with Gasteiger partial charge in [0.05, 0.1) is 12.7 Å². The van der Waals surface area contributed by atoms with Gasteiger partial charge in [0.1, 0.15) is 5.82 Å². The molecule has 112 valence electrons. The van der Waals surface area contributed by atoms with E-state index in [9.17, 15) is 14.0 Å². The van der Waals surface area contributed by atoms with Crippen molar-refractivity contribution in [2.24, 2.45) is 5.92 Å². The molecular formula is C16H18FNO3. The summed E-state index contributed by atoms with van der Waals surface area (Å²) in [4.78, 5) is 23.2. The van der Waals surface area contributed by atoms with Gasteiger partial charge in [0.25, 0.3) is 0 Å². The lowest BCUT2D eigenvalue weighted by Gasteiger charge is -2.10. The molecule has 0 heterocycles. The van der Waals surface area contributed by atoms with E-state index in [0.717, 1.165) is 12.8 Å². The van der Waals surface area contributed by atoms with Crippen molar-refractivity contribution in [2.75, 3.05) is 7.11 Å². The van der Waals surface area contributed by atoms with Gasteiger partial charge >= 0.3 is 5.97 Å². The highest BCUT2D eigenvalue weighted by atomic mass is 19.1. The Morgan fingerprint density at radius 3 is 2.90 bits per heavy atom. The van der Waals surface area contributed by atoms with Gasteiger partial charge in [-0.2, -0.15) is 0 Å². The molecule has 1 aromatic carbocycles. The van der Waals surface area contributed by atoms with Gasteiger partial charge in [-0.3, -0.25) is 4.79 Å². The zero-order chi connectivity index (χ0) is 15.2. The van der Waals surface area contributed by atoms with E-state index < -0.39 is 11.8 Å². The Morgan fingerprint density at radius 1 is 1.43 bits per heavy atom. The van der Waals surface area contributed by atoms with Crippen LogP contribution in [0.4, 0.5) is 4.39 Å². The van der Waals surface area contributed by atoms with Crippen LogP contribution in [0.1, 0.15) is 35.2 Å². The lowest BCUT2D eigenvalue weighted by atomic mass is 10.0. The van der Waals surface area contributed by atoms with E-state index in [1.807, 2.05) is 6.08 Å². The highest BCUT2D eigenvalue weighted by molar-refractivity contribution is 5.89. The van der Waals surface area contributed by atoms with E-state index in [1.54, 1.807) is 0 Å². The largest absolute Gasteiger partial charge is 0.465 e. The first kappa shape index (κ1) is 15.2. The van der Waals surface area contributed by atoms with E-state index in [-0.39, 0.29) is 29.5 Å². The van der Waals surface area contributed by atoms with Crippen molar-refractivity contribution >= 4 is 11.9 Å². The first-order valence-corrected chi connectivity index (χ1v) is 6.90. The van der Waals surface area contributed by atoms with Gasteiger partial charge in [-0.05, 0) is 37.0 Å². The van der Waals surface area contributed by atoms with E-state index in [4.69, 9.17) is 0 Å². The molecule has 5 heteroatoms. The van der Waals surface area contributed by atoms with Crippen LogP contribution in [-0.4, -0.2) is 19.0 Å². The SMILES string of the molecule is COC(=O)c1ccc(F)c(CNC(=O)C[C@@H]2C=CCC2)c1. The van der Waals surface area contributed by atoms with Crippen LogP contribution in [0.3, 0.4) is 0 Å². The third-order valence-corrected chi connectivity index (χ3v) is 3.50. The minimum Gasteiger partial charge on any atom is -0.465 e. The second-order valence-corrected chi connectivity index (χ2v) is 5.04. The number of carbonyl (C=O) groups excluding carboxylic acids is 2. The Bertz CT molecular complexity index is 569. The second kappa shape index (κ2) is 7.02. The Morgan fingerprint density at radius 2 is 2.24 bits per heavy atom. The van der Waals surface area contributed by atoms with E-state index in [2.05, 4.69) is 16.1 Å². The maximum absolute atomic E-state index is 13.7. The Kier molecular flexibility index (Phi) is 5.09. The molecule has 21 heavy (non-hydrogen) atoms. The molecule has 1 atom stereocenters. The van der Waals surface area contributed by atoms with Gasteiger partial charge in [0, 0.05) is 18.5 Å². The minimum atomic E-state index is -0.529. The Labute approximate surface area is 123 Å². The molecule has 1 amide bonds. The summed E-state index contributed by atoms with van der Waals surface area (Å²) in [5, 5.41) is 2.69. The van der Waals surface area contributed by atoms with Crippen molar-refractivity contribution in [3.05, 3.63) is 47.3 Å². The molecule has 2 rings (SSSR count). The normalized spacial score (nSPS) is 16.8. The highest BCUT2D eigenvalue weighted by Crippen LogP contribution is 2.20. The second-order valence-electron chi connectivity index (χ2n) is 5.04. The fourth-order valence-electron chi connectivity index (χ4n) is 2.32. The first-order chi connectivity index (χ1) is 10.1. The summed E-state index contributed by atoms with van der Waals surface area (Å²) in [6, 6.07) is 3.96. The number of carbonyl (C=O) groups is 2. The number of methoxy groups -OCH3 is 1. The molecule has 0 fully saturated rings. The summed E-state index contributed by atoms with van der Waals surface area (Å²) >= 11 is 0. The molecule has 1 N–H and O–H groups in total. The van der Waals surface area contributed by atoms with Crippen molar-refractivity contribution in [1.29, 1.82) is 0 Å². The average molecular weight is 291 g/mol. The third-order valence-electron chi connectivity index (χ3n) is 3.50. The lowest BCUT2D eigenvalue weighted by molar-refractivity contribution is -0.121. The number of hydrogen-bond donors (Lipinski definition) is 1. The fourth-order valence-corrected chi connectivity index (χ4v) is 2.32. The van der Waals surface area contributed by atoms with Crippen LogP contribution < -0.4 is 5.32 Å². The van der Waals surface area contributed by atoms with E-state index >= 15 is 0 Å². The van der Waals surface area contributed by atoms with Crippen LogP contribution in [0.25, 0.3) is 0 Å². The van der Waals surface area contributed by atoms with Crippen LogP contribution in [0, 0.1) is 11.7 Å². The number of halogens is 1. The molecule has 0 bridgehead atoms. The number of nitrogens with one attached hydrogen (secondary N) is 1. The Balaban J connectivity index is 1.94. The lowest BCUT2D eigenvalue weighted by Crippen LogP contribution is -2.25. The number of benzene rings is 1. The summed E-state index contributed by atoms with van der Waals surface area (Å²) in [5.74, 6) is -0.826. The molecule has 1 aliphatic rings. The zero-order valence-corrected chi connectivity index (χ0v) is 11.9. The minimum absolute atomic E-state index is 0.0614. The number of ether oxygens (including phenoxy) is 1. The third kappa shape index (κ3) is 4.15. The van der Waals surface area contributed by atoms with Crippen LogP contribution >= 0.6 is 0 Å². The molecule has 1 aromatic rings. The van der Waals surface area contributed by atoms with Gasteiger partial charge in [-0.25, -0.2) is 9.18 Å². The van der Waals surface area contributed by atoms with E-state index in [1.165, 1.54) is 25.3 Å². The smallest absolute Gasteiger partial charge is 0.337 e. The van der Waals surface area contributed by atoms with E-state index in [0.29, 0.717) is 6.42 Å². The number of allylic oxidation sites excluding steroid dienone is 2. The Hall–Kier alpha value is -2.17. The summed E-state index contributed by atoms with van der Waals surface area (Å²) in [5.41, 5.74) is 0.537. The molecular weight excluding hydrogens is 273 g/mol. The predicted molar refractivity (Wildman–Crippen MR) is 76.1 cm³/mol. The van der Waals surface area contributed by atoms with Crippen LogP contribution in [-0.2, 0) is 16.1 Å².